The number of benzene rings is 1. The number of hydrogen-bond acceptors (Lipinski definition) is 8. The normalized spacial score (nSPS) is 23.2. The number of amides is 3. The highest BCUT2D eigenvalue weighted by atomic mass is 16.5. The maximum atomic E-state index is 12.8. The molecule has 2 aromatic rings. The summed E-state index contributed by atoms with van der Waals surface area (Å²) in [6.07, 6.45) is 7.50. The third-order valence-electron chi connectivity index (χ3n) is 9.46. The van der Waals surface area contributed by atoms with E-state index in [4.69, 9.17) is 4.74 Å². The molecule has 3 amide bonds. The van der Waals surface area contributed by atoms with Gasteiger partial charge in [0.1, 0.15) is 17.5 Å². The summed E-state index contributed by atoms with van der Waals surface area (Å²) >= 11 is 0. The molecule has 1 unspecified atom stereocenters. The summed E-state index contributed by atoms with van der Waals surface area (Å²) in [4.78, 5) is 47.9. The highest BCUT2D eigenvalue weighted by molar-refractivity contribution is 6.03. The van der Waals surface area contributed by atoms with Gasteiger partial charge in [-0.1, -0.05) is 18.2 Å². The lowest BCUT2D eigenvalue weighted by molar-refractivity contribution is -0.134. The van der Waals surface area contributed by atoms with Crippen LogP contribution < -0.4 is 25.2 Å². The minimum atomic E-state index is -0.742. The molecule has 4 aliphatic rings. The topological polar surface area (TPSA) is 107 Å². The molecule has 4 fully saturated rings. The third-order valence-corrected chi connectivity index (χ3v) is 9.46. The van der Waals surface area contributed by atoms with Gasteiger partial charge in [0.05, 0.1) is 19.0 Å². The van der Waals surface area contributed by atoms with Crippen molar-refractivity contribution in [2.45, 2.75) is 44.6 Å². The van der Waals surface area contributed by atoms with Crippen molar-refractivity contribution in [2.24, 2.45) is 11.3 Å². The van der Waals surface area contributed by atoms with Crippen molar-refractivity contribution in [2.75, 3.05) is 62.7 Å². The molecule has 1 atom stereocenters. The van der Waals surface area contributed by atoms with E-state index in [9.17, 15) is 14.4 Å². The molecule has 1 spiro atoms. The first kappa shape index (κ1) is 27.5. The van der Waals surface area contributed by atoms with Gasteiger partial charge in [0.15, 0.2) is 0 Å². The van der Waals surface area contributed by atoms with Gasteiger partial charge in [-0.3, -0.25) is 24.6 Å². The van der Waals surface area contributed by atoms with E-state index in [2.05, 4.69) is 60.6 Å². The number of rotatable bonds is 7. The number of piperidine rings is 2. The summed E-state index contributed by atoms with van der Waals surface area (Å²) in [6, 6.07) is 11.7. The number of imide groups is 1. The number of para-hydroxylation sites is 1. The second-order valence-electron chi connectivity index (χ2n) is 12.1. The number of anilines is 2. The van der Waals surface area contributed by atoms with E-state index in [1.54, 1.807) is 19.4 Å². The van der Waals surface area contributed by atoms with Crippen molar-refractivity contribution < 1.29 is 19.1 Å². The number of aromatic nitrogens is 1. The zero-order valence-electron chi connectivity index (χ0n) is 23.8. The SMILES string of the molecule is COc1cc(C(=O)NC2CCC(=O)NC2=O)ncc1N1CCN(CC2CC3(CCN(c4ccccc4)CC3)C2)CC1. The lowest BCUT2D eigenvalue weighted by atomic mass is 9.57. The van der Waals surface area contributed by atoms with Gasteiger partial charge >= 0.3 is 0 Å². The van der Waals surface area contributed by atoms with Gasteiger partial charge in [-0.05, 0) is 55.6 Å². The van der Waals surface area contributed by atoms with Crippen LogP contribution in [0.25, 0.3) is 0 Å². The molecule has 218 valence electrons. The van der Waals surface area contributed by atoms with Crippen LogP contribution in [0.2, 0.25) is 0 Å². The van der Waals surface area contributed by atoms with Gasteiger partial charge in [0.25, 0.3) is 5.91 Å². The Morgan fingerprint density at radius 1 is 1.05 bits per heavy atom. The van der Waals surface area contributed by atoms with Crippen molar-refractivity contribution in [1.82, 2.24) is 20.5 Å². The zero-order chi connectivity index (χ0) is 28.4. The second kappa shape index (κ2) is 11.7. The molecule has 41 heavy (non-hydrogen) atoms. The molecule has 1 aromatic heterocycles. The molecule has 6 rings (SSSR count). The van der Waals surface area contributed by atoms with Crippen molar-refractivity contribution in [3.05, 3.63) is 48.3 Å². The van der Waals surface area contributed by atoms with E-state index >= 15 is 0 Å². The second-order valence-corrected chi connectivity index (χ2v) is 12.1. The summed E-state index contributed by atoms with van der Waals surface area (Å²) in [7, 11) is 1.59. The van der Waals surface area contributed by atoms with Crippen LogP contribution in [-0.4, -0.2) is 86.6 Å². The van der Waals surface area contributed by atoms with Crippen molar-refractivity contribution >= 4 is 29.1 Å². The van der Waals surface area contributed by atoms with E-state index in [1.165, 1.54) is 51.0 Å². The molecule has 10 nitrogen and oxygen atoms in total. The molecule has 3 aliphatic heterocycles. The highest BCUT2D eigenvalue weighted by Gasteiger charge is 2.46. The van der Waals surface area contributed by atoms with Crippen LogP contribution in [-0.2, 0) is 9.59 Å². The minimum Gasteiger partial charge on any atom is -0.494 e. The predicted molar refractivity (Wildman–Crippen MR) is 156 cm³/mol. The Bertz CT molecular complexity index is 1260. The molecule has 0 bridgehead atoms. The van der Waals surface area contributed by atoms with Crippen molar-refractivity contribution in [3.63, 3.8) is 0 Å². The average molecular weight is 561 g/mol. The average Bonchev–Trinajstić information content (AvgIpc) is 2.98. The molecule has 1 aliphatic carbocycles. The lowest BCUT2D eigenvalue weighted by Gasteiger charge is -2.54. The Hall–Kier alpha value is -3.66. The van der Waals surface area contributed by atoms with Crippen molar-refractivity contribution in [1.29, 1.82) is 0 Å². The summed E-state index contributed by atoms with van der Waals surface area (Å²) < 4.78 is 5.63. The first-order valence-electron chi connectivity index (χ1n) is 14.9. The number of hydrogen-bond donors (Lipinski definition) is 2. The first-order chi connectivity index (χ1) is 19.9. The van der Waals surface area contributed by atoms with Crippen LogP contribution in [0.3, 0.4) is 0 Å². The van der Waals surface area contributed by atoms with Crippen LogP contribution in [0, 0.1) is 11.3 Å². The quantitative estimate of drug-likeness (QED) is 0.498. The summed E-state index contributed by atoms with van der Waals surface area (Å²) in [6.45, 7) is 7.25. The number of pyridine rings is 1. The Balaban J connectivity index is 0.963. The van der Waals surface area contributed by atoms with Gasteiger partial charge in [-0.2, -0.15) is 0 Å². The molecule has 0 radical (unpaired) electrons. The highest BCUT2D eigenvalue weighted by Crippen LogP contribution is 2.53. The maximum Gasteiger partial charge on any atom is 0.270 e. The molecular weight excluding hydrogens is 520 g/mol. The number of carbonyl (C=O) groups is 3. The fraction of sp³-hybridized carbons (Fsp3) is 0.548. The molecular formula is C31H40N6O4. The van der Waals surface area contributed by atoms with Gasteiger partial charge < -0.3 is 19.9 Å². The summed E-state index contributed by atoms with van der Waals surface area (Å²) in [5.41, 5.74) is 2.97. The molecule has 4 heterocycles. The lowest BCUT2D eigenvalue weighted by Crippen LogP contribution is -2.53. The fourth-order valence-corrected chi connectivity index (χ4v) is 7.14. The maximum absolute atomic E-state index is 12.8. The molecule has 2 N–H and O–H groups in total. The molecule has 3 saturated heterocycles. The fourth-order valence-electron chi connectivity index (χ4n) is 7.14. The Morgan fingerprint density at radius 2 is 1.78 bits per heavy atom. The van der Waals surface area contributed by atoms with Crippen LogP contribution in [0.5, 0.6) is 5.75 Å². The first-order valence-corrected chi connectivity index (χ1v) is 14.9. The van der Waals surface area contributed by atoms with Crippen LogP contribution >= 0.6 is 0 Å². The third kappa shape index (κ3) is 6.02. The van der Waals surface area contributed by atoms with E-state index < -0.39 is 17.9 Å². The van der Waals surface area contributed by atoms with Gasteiger partial charge in [-0.25, -0.2) is 4.98 Å². The monoisotopic (exact) mass is 560 g/mol. The number of carbonyl (C=O) groups excluding carboxylic acids is 3. The standard InChI is InChI=1S/C31H40N6O4/c1-41-27-17-25(30(40)33-24-7-8-28(38)34-29(24)39)32-20-26(27)37-15-13-35(14-16-37)21-22-18-31(19-22)9-11-36(12-10-31)23-5-3-2-4-6-23/h2-6,17,20,22,24H,7-16,18-19,21H2,1H3,(H,33,40)(H,34,38,39). The van der Waals surface area contributed by atoms with Crippen LogP contribution in [0.1, 0.15) is 49.0 Å². The molecule has 1 saturated carbocycles. The Kier molecular flexibility index (Phi) is 7.84. The van der Waals surface area contributed by atoms with Gasteiger partial charge in [0.2, 0.25) is 11.8 Å². The summed E-state index contributed by atoms with van der Waals surface area (Å²) in [5.74, 6) is 0.119. The number of methoxy groups -OCH3 is 1. The van der Waals surface area contributed by atoms with E-state index in [1.807, 2.05) is 0 Å². The van der Waals surface area contributed by atoms with Crippen LogP contribution in [0.15, 0.2) is 42.6 Å². The largest absolute Gasteiger partial charge is 0.494 e. The van der Waals surface area contributed by atoms with E-state index in [0.717, 1.165) is 37.8 Å². The van der Waals surface area contributed by atoms with E-state index in [-0.39, 0.29) is 24.4 Å². The Labute approximate surface area is 241 Å². The van der Waals surface area contributed by atoms with Crippen LogP contribution in [0.4, 0.5) is 11.4 Å². The number of ether oxygens (including phenoxy) is 1. The van der Waals surface area contributed by atoms with Gasteiger partial charge in [0, 0.05) is 64.0 Å². The van der Waals surface area contributed by atoms with E-state index in [0.29, 0.717) is 11.2 Å². The Morgan fingerprint density at radius 3 is 2.46 bits per heavy atom. The number of nitrogens with zero attached hydrogens (tertiary/aromatic N) is 4. The molecule has 10 heteroatoms. The number of nitrogens with one attached hydrogen (secondary N) is 2. The zero-order valence-corrected chi connectivity index (χ0v) is 23.8. The smallest absolute Gasteiger partial charge is 0.270 e. The predicted octanol–water partition coefficient (Wildman–Crippen LogP) is 2.44. The molecule has 1 aromatic carbocycles. The minimum absolute atomic E-state index is 0.183. The van der Waals surface area contributed by atoms with Crippen molar-refractivity contribution in [3.8, 4) is 5.75 Å². The number of piperazine rings is 1. The summed E-state index contributed by atoms with van der Waals surface area (Å²) in [5, 5.41) is 4.93. The van der Waals surface area contributed by atoms with Gasteiger partial charge in [-0.15, -0.1) is 0 Å².